The summed E-state index contributed by atoms with van der Waals surface area (Å²) in [4.78, 5) is 28.3. The van der Waals surface area contributed by atoms with Crippen LogP contribution in [0.2, 0.25) is 5.02 Å². The molecule has 2 heterocycles. The number of benzene rings is 1. The minimum Gasteiger partial charge on any atom is -0.324 e. The van der Waals surface area contributed by atoms with Gasteiger partial charge in [0.15, 0.2) is 11.2 Å². The molecule has 112 valence electrons. The number of nitrogens with zero attached hydrogens (tertiary/aromatic N) is 5. The highest BCUT2D eigenvalue weighted by Crippen LogP contribution is 2.14. The Morgan fingerprint density at radius 2 is 2.23 bits per heavy atom. The van der Waals surface area contributed by atoms with Crippen LogP contribution in [-0.4, -0.2) is 30.5 Å². The maximum absolute atomic E-state index is 12.2. The predicted molar refractivity (Wildman–Crippen MR) is 80.6 cm³/mol. The zero-order valence-electron chi connectivity index (χ0n) is 11.5. The number of halogens is 1. The molecule has 0 atom stereocenters. The van der Waals surface area contributed by atoms with Gasteiger partial charge in [-0.1, -0.05) is 22.9 Å². The molecule has 0 radical (unpaired) electrons. The minimum atomic E-state index is -0.417. The fraction of sp³-hybridized carbons (Fsp3) is 0.154. The Morgan fingerprint density at radius 3 is 3.00 bits per heavy atom. The van der Waals surface area contributed by atoms with E-state index in [0.29, 0.717) is 16.4 Å². The molecule has 9 heteroatoms. The normalized spacial score (nSPS) is 10.8. The third-order valence-electron chi connectivity index (χ3n) is 3.00. The zero-order valence-corrected chi connectivity index (χ0v) is 12.3. The molecule has 0 aliphatic carbocycles. The highest BCUT2D eigenvalue weighted by molar-refractivity contribution is 6.30. The van der Waals surface area contributed by atoms with Crippen LogP contribution in [0.3, 0.4) is 0 Å². The standard InChI is InChI=1S/C13H11ClN6O2/c1-19-12-11(17-18-19)13(22)20(7-15-12)6-10(21)16-9-4-2-3-8(14)5-9/h2-5,7H,6H2,1H3,(H,16,21). The number of rotatable bonds is 3. The van der Waals surface area contributed by atoms with Crippen LogP contribution < -0.4 is 10.9 Å². The lowest BCUT2D eigenvalue weighted by Gasteiger charge is -2.07. The van der Waals surface area contributed by atoms with Crippen molar-refractivity contribution in [2.75, 3.05) is 5.32 Å². The first-order valence-corrected chi connectivity index (χ1v) is 6.72. The van der Waals surface area contributed by atoms with Crippen molar-refractivity contribution in [2.24, 2.45) is 7.05 Å². The number of fused-ring (bicyclic) bond motifs is 1. The molecule has 3 aromatic rings. The Kier molecular flexibility index (Phi) is 3.60. The second kappa shape index (κ2) is 5.57. The van der Waals surface area contributed by atoms with Gasteiger partial charge in [-0.05, 0) is 18.2 Å². The number of aryl methyl sites for hydroxylation is 1. The smallest absolute Gasteiger partial charge is 0.283 e. The van der Waals surface area contributed by atoms with E-state index in [9.17, 15) is 9.59 Å². The lowest BCUT2D eigenvalue weighted by molar-refractivity contribution is -0.116. The van der Waals surface area contributed by atoms with E-state index >= 15 is 0 Å². The maximum atomic E-state index is 12.2. The van der Waals surface area contributed by atoms with Gasteiger partial charge >= 0.3 is 0 Å². The Labute approximate surface area is 129 Å². The summed E-state index contributed by atoms with van der Waals surface area (Å²) in [6, 6.07) is 6.74. The van der Waals surface area contributed by atoms with Crippen LogP contribution >= 0.6 is 11.6 Å². The summed E-state index contributed by atoms with van der Waals surface area (Å²) >= 11 is 5.85. The minimum absolute atomic E-state index is 0.126. The number of carbonyl (C=O) groups is 1. The molecular weight excluding hydrogens is 308 g/mol. The van der Waals surface area contributed by atoms with Gasteiger partial charge in [0.2, 0.25) is 5.91 Å². The van der Waals surface area contributed by atoms with Crippen molar-refractivity contribution < 1.29 is 4.79 Å². The number of nitrogens with one attached hydrogen (secondary N) is 1. The van der Waals surface area contributed by atoms with E-state index in [1.165, 1.54) is 15.6 Å². The van der Waals surface area contributed by atoms with Crippen LogP contribution in [0.5, 0.6) is 0 Å². The van der Waals surface area contributed by atoms with Crippen molar-refractivity contribution in [1.29, 1.82) is 0 Å². The monoisotopic (exact) mass is 318 g/mol. The molecule has 3 rings (SSSR count). The number of hydrogen-bond donors (Lipinski definition) is 1. The SMILES string of the molecule is Cn1nnc2c(=O)n(CC(=O)Nc3cccc(Cl)c3)cnc21. The molecule has 1 aromatic carbocycles. The number of aromatic nitrogens is 5. The highest BCUT2D eigenvalue weighted by atomic mass is 35.5. The zero-order chi connectivity index (χ0) is 15.7. The fourth-order valence-corrected chi connectivity index (χ4v) is 2.17. The molecule has 1 amide bonds. The van der Waals surface area contributed by atoms with Gasteiger partial charge in [-0.3, -0.25) is 14.2 Å². The van der Waals surface area contributed by atoms with E-state index in [0.717, 1.165) is 0 Å². The summed E-state index contributed by atoms with van der Waals surface area (Å²) < 4.78 is 2.57. The van der Waals surface area contributed by atoms with E-state index < -0.39 is 5.56 Å². The van der Waals surface area contributed by atoms with Gasteiger partial charge in [0, 0.05) is 17.8 Å². The molecule has 1 N–H and O–H groups in total. The van der Waals surface area contributed by atoms with Crippen molar-refractivity contribution >= 4 is 34.4 Å². The first-order chi connectivity index (χ1) is 10.5. The summed E-state index contributed by atoms with van der Waals surface area (Å²) in [5.41, 5.74) is 0.635. The second-order valence-corrected chi connectivity index (χ2v) is 5.06. The molecule has 0 saturated heterocycles. The van der Waals surface area contributed by atoms with Crippen molar-refractivity contribution in [2.45, 2.75) is 6.54 Å². The van der Waals surface area contributed by atoms with Gasteiger partial charge < -0.3 is 5.32 Å². The van der Waals surface area contributed by atoms with Crippen molar-refractivity contribution in [1.82, 2.24) is 24.5 Å². The van der Waals surface area contributed by atoms with Crippen LogP contribution in [0, 0.1) is 0 Å². The van der Waals surface area contributed by atoms with E-state index in [2.05, 4.69) is 20.6 Å². The van der Waals surface area contributed by atoms with Gasteiger partial charge in [-0.25, -0.2) is 9.67 Å². The van der Waals surface area contributed by atoms with E-state index in [1.807, 2.05) is 0 Å². The van der Waals surface area contributed by atoms with Crippen molar-refractivity contribution in [3.05, 3.63) is 46.0 Å². The molecule has 2 aromatic heterocycles. The maximum Gasteiger partial charge on any atom is 0.283 e. The summed E-state index contributed by atoms with van der Waals surface area (Å²) in [5, 5.41) is 10.7. The Morgan fingerprint density at radius 1 is 1.41 bits per heavy atom. The van der Waals surface area contributed by atoms with Crippen LogP contribution in [0.25, 0.3) is 11.2 Å². The van der Waals surface area contributed by atoms with E-state index in [1.54, 1.807) is 31.3 Å². The fourth-order valence-electron chi connectivity index (χ4n) is 1.98. The van der Waals surface area contributed by atoms with Gasteiger partial charge in [0.05, 0.1) is 0 Å². The third kappa shape index (κ3) is 2.68. The first kappa shape index (κ1) is 14.2. The molecule has 0 aliphatic rings. The molecule has 8 nitrogen and oxygen atoms in total. The molecule has 0 saturated carbocycles. The van der Waals surface area contributed by atoms with Crippen molar-refractivity contribution in [3.63, 3.8) is 0 Å². The highest BCUT2D eigenvalue weighted by Gasteiger charge is 2.12. The van der Waals surface area contributed by atoms with Gasteiger partial charge in [0.1, 0.15) is 12.9 Å². The average molecular weight is 319 g/mol. The average Bonchev–Trinajstić information content (AvgIpc) is 2.84. The second-order valence-electron chi connectivity index (χ2n) is 4.62. The Bertz CT molecular complexity index is 916. The predicted octanol–water partition coefficient (Wildman–Crippen LogP) is 0.817. The molecule has 0 aliphatic heterocycles. The number of amides is 1. The molecule has 0 fully saturated rings. The van der Waals surface area contributed by atoms with E-state index in [4.69, 9.17) is 11.6 Å². The molecule has 0 spiro atoms. The molecule has 0 bridgehead atoms. The van der Waals surface area contributed by atoms with Gasteiger partial charge in [-0.2, -0.15) is 0 Å². The number of anilines is 1. The summed E-state index contributed by atoms with van der Waals surface area (Å²) in [6.45, 7) is -0.176. The Balaban J connectivity index is 1.82. The van der Waals surface area contributed by atoms with Gasteiger partial charge in [-0.15, -0.1) is 5.10 Å². The Hall–Kier alpha value is -2.74. The van der Waals surface area contributed by atoms with Crippen LogP contribution in [-0.2, 0) is 18.4 Å². The largest absolute Gasteiger partial charge is 0.324 e. The summed E-state index contributed by atoms with van der Waals surface area (Å²) in [7, 11) is 1.64. The lowest BCUT2D eigenvalue weighted by Crippen LogP contribution is -2.28. The van der Waals surface area contributed by atoms with Gasteiger partial charge in [0.25, 0.3) is 5.56 Å². The van der Waals surface area contributed by atoms with Crippen LogP contribution in [0.15, 0.2) is 35.4 Å². The molecule has 0 unspecified atom stereocenters. The third-order valence-corrected chi connectivity index (χ3v) is 3.24. The lowest BCUT2D eigenvalue weighted by atomic mass is 10.3. The topological polar surface area (TPSA) is 94.7 Å². The molecular formula is C13H11ClN6O2. The summed E-state index contributed by atoms with van der Waals surface area (Å²) in [5.74, 6) is -0.366. The molecule has 22 heavy (non-hydrogen) atoms. The number of carbonyl (C=O) groups excluding carboxylic acids is 1. The van der Waals surface area contributed by atoms with Crippen LogP contribution in [0.1, 0.15) is 0 Å². The van der Waals surface area contributed by atoms with Crippen LogP contribution in [0.4, 0.5) is 5.69 Å². The summed E-state index contributed by atoms with van der Waals surface area (Å²) in [6.07, 6.45) is 1.30. The number of hydrogen-bond acceptors (Lipinski definition) is 5. The van der Waals surface area contributed by atoms with Crippen molar-refractivity contribution in [3.8, 4) is 0 Å². The van der Waals surface area contributed by atoms with E-state index in [-0.39, 0.29) is 18.0 Å². The first-order valence-electron chi connectivity index (χ1n) is 6.35. The quantitative estimate of drug-likeness (QED) is 0.771.